The molecule has 2 atom stereocenters. The molecule has 3 N–H and O–H groups in total. The summed E-state index contributed by atoms with van der Waals surface area (Å²) in [5.74, 6) is 1.71. The molecule has 0 spiro atoms. The number of allylic oxidation sites excluding steroid dienone is 1. The Morgan fingerprint density at radius 2 is 1.82 bits per heavy atom. The van der Waals surface area contributed by atoms with Crippen molar-refractivity contribution in [2.45, 2.75) is 12.0 Å². The lowest BCUT2D eigenvalue weighted by Crippen LogP contribution is -2.30. The number of nitrogens with zero attached hydrogens (tertiary/aromatic N) is 5. The van der Waals surface area contributed by atoms with Crippen molar-refractivity contribution in [2.24, 2.45) is 5.73 Å². The number of ether oxygens (including phenoxy) is 1. The summed E-state index contributed by atoms with van der Waals surface area (Å²) in [5.41, 5.74) is 14.3. The molecule has 0 bridgehead atoms. The van der Waals surface area contributed by atoms with E-state index in [1.54, 1.807) is 17.4 Å². The molecule has 9 heteroatoms. The van der Waals surface area contributed by atoms with Gasteiger partial charge in [0.05, 0.1) is 5.92 Å². The van der Waals surface area contributed by atoms with Crippen LogP contribution in [-0.2, 0) is 4.74 Å². The van der Waals surface area contributed by atoms with Gasteiger partial charge in [0.15, 0.2) is 5.82 Å². The highest BCUT2D eigenvalue weighted by molar-refractivity contribution is 5.78. The van der Waals surface area contributed by atoms with Crippen molar-refractivity contribution in [1.82, 2.24) is 25.0 Å². The maximum absolute atomic E-state index is 10.2. The molecule has 5 heterocycles. The number of hydrazine groups is 1. The summed E-state index contributed by atoms with van der Waals surface area (Å²) in [6, 6.07) is 25.6. The summed E-state index contributed by atoms with van der Waals surface area (Å²) >= 11 is 0. The number of fused-ring (bicyclic) bond motifs is 1. The van der Waals surface area contributed by atoms with Crippen LogP contribution in [0.1, 0.15) is 23.3 Å². The highest BCUT2D eigenvalue weighted by Gasteiger charge is 2.44. The predicted octanol–water partition coefficient (Wildman–Crippen LogP) is 4.89. The van der Waals surface area contributed by atoms with Gasteiger partial charge in [-0.2, -0.15) is 5.26 Å². The lowest BCUT2D eigenvalue weighted by Gasteiger charge is -2.27. The molecule has 2 aliphatic rings. The first-order valence-electron chi connectivity index (χ1n) is 12.5. The van der Waals surface area contributed by atoms with Gasteiger partial charge in [-0.1, -0.05) is 36.4 Å². The zero-order valence-corrected chi connectivity index (χ0v) is 20.9. The summed E-state index contributed by atoms with van der Waals surface area (Å²) < 4.78 is 14.2. The van der Waals surface area contributed by atoms with Crippen LogP contribution in [0.15, 0.2) is 119 Å². The van der Waals surface area contributed by atoms with Gasteiger partial charge in [-0.3, -0.25) is 14.6 Å². The number of furan rings is 1. The SMILES string of the molecule is CN1NC(c2cc3ccccc3o2)C2=C1OC(N)=C(C#N)C2c1ccc(-n2ccnc2-c2ccccn2)cc1. The van der Waals surface area contributed by atoms with E-state index in [1.165, 1.54) is 0 Å². The van der Waals surface area contributed by atoms with Gasteiger partial charge in [0.2, 0.25) is 11.8 Å². The lowest BCUT2D eigenvalue weighted by molar-refractivity contribution is 0.152. The quantitative estimate of drug-likeness (QED) is 0.349. The molecule has 2 aliphatic heterocycles. The van der Waals surface area contributed by atoms with Gasteiger partial charge in [0, 0.05) is 42.3 Å². The number of imidazole rings is 1. The first-order valence-corrected chi connectivity index (χ1v) is 12.5. The van der Waals surface area contributed by atoms with Crippen molar-refractivity contribution < 1.29 is 9.15 Å². The van der Waals surface area contributed by atoms with Crippen LogP contribution in [0.4, 0.5) is 0 Å². The Bertz CT molecular complexity index is 1780. The number of aromatic nitrogens is 3. The Hall–Kier alpha value is -5.33. The Balaban J connectivity index is 1.31. The normalized spacial score (nSPS) is 18.8. The number of benzene rings is 2. The molecular weight excluding hydrogens is 490 g/mol. The minimum Gasteiger partial charge on any atom is -0.459 e. The number of rotatable bonds is 4. The maximum atomic E-state index is 10.2. The van der Waals surface area contributed by atoms with Crippen molar-refractivity contribution >= 4 is 11.0 Å². The van der Waals surface area contributed by atoms with Gasteiger partial charge >= 0.3 is 0 Å². The fourth-order valence-electron chi connectivity index (χ4n) is 5.36. The number of nitriles is 1. The van der Waals surface area contributed by atoms with E-state index in [4.69, 9.17) is 14.9 Å². The number of hydrogen-bond acceptors (Lipinski definition) is 8. The van der Waals surface area contributed by atoms with Gasteiger partial charge in [0.1, 0.15) is 34.7 Å². The molecule has 7 rings (SSSR count). The molecule has 5 aromatic rings. The van der Waals surface area contributed by atoms with Gasteiger partial charge in [-0.05, 0) is 42.0 Å². The fourth-order valence-corrected chi connectivity index (χ4v) is 5.36. The molecule has 0 amide bonds. The number of para-hydroxylation sites is 1. The fraction of sp³-hybridized carbons (Fsp3) is 0.100. The molecule has 0 radical (unpaired) electrons. The second kappa shape index (κ2) is 8.90. The Kier molecular flexibility index (Phi) is 5.21. The standard InChI is InChI=1S/C30H23N7O2/c1-36-30-26(27(35-36)24-16-19-6-2-3-8-23(19)38-24)25(21(17-31)28(32)39-30)18-9-11-20(12-10-18)37-15-14-34-29(37)22-7-4-5-13-33-22/h2-16,25,27,35H,32H2,1H3. The Morgan fingerprint density at radius 3 is 2.59 bits per heavy atom. The summed E-state index contributed by atoms with van der Waals surface area (Å²) in [5, 5.41) is 12.9. The lowest BCUT2D eigenvalue weighted by atomic mass is 9.80. The predicted molar refractivity (Wildman–Crippen MR) is 144 cm³/mol. The maximum Gasteiger partial charge on any atom is 0.214 e. The van der Waals surface area contributed by atoms with E-state index in [-0.39, 0.29) is 11.9 Å². The highest BCUT2D eigenvalue weighted by Crippen LogP contribution is 2.48. The molecule has 39 heavy (non-hydrogen) atoms. The average molecular weight is 514 g/mol. The minimum atomic E-state index is -0.429. The first kappa shape index (κ1) is 22.8. The molecule has 0 saturated heterocycles. The van der Waals surface area contributed by atoms with E-state index in [1.807, 2.05) is 90.6 Å². The van der Waals surface area contributed by atoms with Crippen LogP contribution in [-0.4, -0.2) is 26.6 Å². The van der Waals surface area contributed by atoms with Crippen LogP contribution in [0, 0.1) is 11.3 Å². The van der Waals surface area contributed by atoms with Crippen molar-refractivity contribution in [3.8, 4) is 23.3 Å². The Morgan fingerprint density at radius 1 is 1.00 bits per heavy atom. The van der Waals surface area contributed by atoms with Crippen LogP contribution < -0.4 is 11.2 Å². The summed E-state index contributed by atoms with van der Waals surface area (Å²) in [4.78, 5) is 8.95. The Labute approximate surface area is 224 Å². The van der Waals surface area contributed by atoms with Gasteiger partial charge in [-0.15, -0.1) is 0 Å². The molecule has 0 fully saturated rings. The summed E-state index contributed by atoms with van der Waals surface area (Å²) in [6.07, 6.45) is 5.40. The van der Waals surface area contributed by atoms with E-state index in [2.05, 4.69) is 21.5 Å². The summed E-state index contributed by atoms with van der Waals surface area (Å²) in [7, 11) is 1.86. The summed E-state index contributed by atoms with van der Waals surface area (Å²) in [6.45, 7) is 0. The molecule has 0 aliphatic carbocycles. The first-order chi connectivity index (χ1) is 19.1. The van der Waals surface area contributed by atoms with Gasteiger partial charge < -0.3 is 14.9 Å². The van der Waals surface area contributed by atoms with Crippen molar-refractivity contribution in [2.75, 3.05) is 7.05 Å². The van der Waals surface area contributed by atoms with E-state index in [0.717, 1.165) is 45.1 Å². The van der Waals surface area contributed by atoms with Crippen LogP contribution >= 0.6 is 0 Å². The van der Waals surface area contributed by atoms with E-state index in [9.17, 15) is 5.26 Å². The number of nitrogens with two attached hydrogens (primary N) is 1. The number of hydrogen-bond donors (Lipinski definition) is 2. The van der Waals surface area contributed by atoms with E-state index >= 15 is 0 Å². The van der Waals surface area contributed by atoms with Crippen LogP contribution in [0.5, 0.6) is 0 Å². The average Bonchev–Trinajstić information content (AvgIpc) is 3.70. The van der Waals surface area contributed by atoms with Crippen molar-refractivity contribution in [1.29, 1.82) is 5.26 Å². The van der Waals surface area contributed by atoms with E-state index in [0.29, 0.717) is 11.5 Å². The highest BCUT2D eigenvalue weighted by atomic mass is 16.5. The molecule has 0 saturated carbocycles. The van der Waals surface area contributed by atoms with E-state index < -0.39 is 5.92 Å². The number of pyridine rings is 1. The van der Waals surface area contributed by atoms with Gasteiger partial charge in [-0.25, -0.2) is 10.4 Å². The van der Waals surface area contributed by atoms with Crippen LogP contribution in [0.25, 0.3) is 28.2 Å². The zero-order valence-electron chi connectivity index (χ0n) is 20.9. The zero-order chi connectivity index (χ0) is 26.5. The van der Waals surface area contributed by atoms with Crippen LogP contribution in [0.2, 0.25) is 0 Å². The molecule has 9 nitrogen and oxygen atoms in total. The molecule has 3 aromatic heterocycles. The third kappa shape index (κ3) is 3.66. The molecule has 190 valence electrons. The second-order valence-electron chi connectivity index (χ2n) is 9.42. The largest absolute Gasteiger partial charge is 0.459 e. The topological polar surface area (TPSA) is 118 Å². The molecule has 2 unspecified atom stereocenters. The van der Waals surface area contributed by atoms with Gasteiger partial charge in [0.25, 0.3) is 0 Å². The van der Waals surface area contributed by atoms with Crippen molar-refractivity contribution in [3.63, 3.8) is 0 Å². The molecular formula is C30H23N7O2. The second-order valence-corrected chi connectivity index (χ2v) is 9.42. The monoisotopic (exact) mass is 513 g/mol. The number of nitrogens with one attached hydrogen (secondary N) is 1. The third-order valence-electron chi connectivity index (χ3n) is 7.15. The molecule has 2 aromatic carbocycles. The van der Waals surface area contributed by atoms with Crippen molar-refractivity contribution in [3.05, 3.63) is 126 Å². The smallest absolute Gasteiger partial charge is 0.214 e. The van der Waals surface area contributed by atoms with Crippen LogP contribution in [0.3, 0.4) is 0 Å². The third-order valence-corrected chi connectivity index (χ3v) is 7.15. The minimum absolute atomic E-state index is 0.0938.